The molecule has 0 bridgehead atoms. The van der Waals surface area contributed by atoms with E-state index in [1.54, 1.807) is 13.8 Å². The smallest absolute Gasteiger partial charge is 0.187 e. The molecule has 18 nitrogen and oxygen atoms in total. The van der Waals surface area contributed by atoms with Crippen LogP contribution in [-0.2, 0) is 33.2 Å². The van der Waals surface area contributed by atoms with Crippen molar-refractivity contribution in [3.63, 3.8) is 0 Å². The molecule has 5 aliphatic carbocycles. The van der Waals surface area contributed by atoms with Gasteiger partial charge in [-0.15, -0.1) is 0 Å². The van der Waals surface area contributed by atoms with Crippen LogP contribution in [0, 0.1) is 44.8 Å². The summed E-state index contributed by atoms with van der Waals surface area (Å²) in [4.78, 5) is 0. The van der Waals surface area contributed by atoms with Crippen LogP contribution < -0.4 is 0 Å². The molecule has 25 unspecified atom stereocenters. The summed E-state index contributed by atoms with van der Waals surface area (Å²) in [6.07, 6.45) is -14.9. The minimum Gasteiger partial charge on any atom is -0.394 e. The highest BCUT2D eigenvalue weighted by Crippen LogP contribution is 2.89. The van der Waals surface area contributed by atoms with E-state index in [2.05, 4.69) is 34.6 Å². The lowest BCUT2D eigenvalue weighted by Gasteiger charge is -2.65. The molecular weight excluding hydrogens is 840 g/mol. The molecule has 9 fully saturated rings. The van der Waals surface area contributed by atoms with Crippen molar-refractivity contribution in [1.29, 1.82) is 0 Å². The minimum absolute atomic E-state index is 0.0777. The lowest BCUT2D eigenvalue weighted by atomic mass is 9.41. The highest BCUT2D eigenvalue weighted by Gasteiger charge is 2.85. The van der Waals surface area contributed by atoms with Gasteiger partial charge in [-0.1, -0.05) is 27.7 Å². The molecule has 4 heterocycles. The second kappa shape index (κ2) is 16.2. The first-order valence-corrected chi connectivity index (χ1v) is 23.8. The molecule has 64 heavy (non-hydrogen) atoms. The Hall–Kier alpha value is -0.720. The molecule has 0 aromatic rings. The van der Waals surface area contributed by atoms with E-state index in [-0.39, 0.29) is 58.7 Å². The third-order valence-corrected chi connectivity index (χ3v) is 19.3. The Balaban J connectivity index is 1.03. The fourth-order valence-corrected chi connectivity index (χ4v) is 16.1. The minimum atomic E-state index is -1.78. The maximum absolute atomic E-state index is 12.3. The molecule has 0 aromatic carbocycles. The first kappa shape index (κ1) is 48.3. The van der Waals surface area contributed by atoms with Crippen LogP contribution in [0.1, 0.15) is 106 Å². The van der Waals surface area contributed by atoms with Crippen LogP contribution in [0.4, 0.5) is 0 Å². The van der Waals surface area contributed by atoms with Crippen LogP contribution in [0.5, 0.6) is 0 Å². The zero-order valence-corrected chi connectivity index (χ0v) is 38.3. The number of fused-ring (bicyclic) bond motifs is 2. The van der Waals surface area contributed by atoms with E-state index in [9.17, 15) is 56.2 Å². The second-order valence-corrected chi connectivity index (χ2v) is 23.4. The van der Waals surface area contributed by atoms with Gasteiger partial charge in [-0.05, 0) is 117 Å². The molecule has 0 aromatic heterocycles. The SMILES string of the molecule is CC(C)(O)C1CCC(C)(C2C(O)CC3(C)C4CC(OC5OCC(O)C(O)C5O)C5C(C)(C)C(OC6OCC(O)C(O)C6OC6OC(CO)C(O)C(O)C6O)CCC56CC46CCC23C)O1. The summed E-state index contributed by atoms with van der Waals surface area (Å²) in [6, 6.07) is 0. The number of aliphatic hydroxyl groups excluding tert-OH is 10. The van der Waals surface area contributed by atoms with Crippen molar-refractivity contribution in [1.82, 2.24) is 0 Å². The molecule has 4 saturated heterocycles. The molecule has 0 radical (unpaired) electrons. The molecule has 0 amide bonds. The lowest BCUT2D eigenvalue weighted by Crippen LogP contribution is -2.65. The summed E-state index contributed by atoms with van der Waals surface area (Å²) in [5, 5.41) is 119. The molecule has 11 N–H and O–H groups in total. The Kier molecular flexibility index (Phi) is 12.2. The van der Waals surface area contributed by atoms with Gasteiger partial charge in [0.15, 0.2) is 18.9 Å². The Morgan fingerprint density at radius 1 is 0.625 bits per heavy atom. The van der Waals surface area contributed by atoms with Gasteiger partial charge in [-0.3, -0.25) is 0 Å². The van der Waals surface area contributed by atoms with Crippen molar-refractivity contribution in [2.75, 3.05) is 19.8 Å². The third-order valence-electron chi connectivity index (χ3n) is 19.3. The predicted molar refractivity (Wildman–Crippen MR) is 220 cm³/mol. The molecule has 9 rings (SSSR count). The molecule has 368 valence electrons. The van der Waals surface area contributed by atoms with E-state index >= 15 is 0 Å². The fourth-order valence-electron chi connectivity index (χ4n) is 16.1. The topological polar surface area (TPSA) is 287 Å². The van der Waals surface area contributed by atoms with Crippen LogP contribution in [0.15, 0.2) is 0 Å². The summed E-state index contributed by atoms with van der Waals surface area (Å²) >= 11 is 0. The molecule has 9 aliphatic rings. The lowest BCUT2D eigenvalue weighted by molar-refractivity contribution is -0.368. The highest BCUT2D eigenvalue weighted by molar-refractivity contribution is 5.33. The molecular formula is C46H76O18. The summed E-state index contributed by atoms with van der Waals surface area (Å²) in [6.45, 7) is 13.3. The molecule has 4 aliphatic heterocycles. The van der Waals surface area contributed by atoms with E-state index in [0.29, 0.717) is 25.7 Å². The zero-order chi connectivity index (χ0) is 46.5. The summed E-state index contributed by atoms with van der Waals surface area (Å²) < 4.78 is 44.1. The van der Waals surface area contributed by atoms with Crippen LogP contribution in [0.25, 0.3) is 0 Å². The Bertz CT molecular complexity index is 1710. The largest absolute Gasteiger partial charge is 0.394 e. The Morgan fingerprint density at radius 3 is 1.94 bits per heavy atom. The van der Waals surface area contributed by atoms with Crippen LogP contribution in [0.2, 0.25) is 0 Å². The van der Waals surface area contributed by atoms with Crippen molar-refractivity contribution in [2.24, 2.45) is 44.8 Å². The van der Waals surface area contributed by atoms with E-state index < -0.39 is 121 Å². The quantitative estimate of drug-likeness (QED) is 0.126. The second-order valence-electron chi connectivity index (χ2n) is 23.4. The molecule has 2 spiro atoms. The van der Waals surface area contributed by atoms with E-state index in [1.165, 1.54) is 0 Å². The number of ether oxygens (including phenoxy) is 7. The Labute approximate surface area is 375 Å². The number of rotatable bonds is 9. The molecule has 5 saturated carbocycles. The van der Waals surface area contributed by atoms with Crippen molar-refractivity contribution in [3.8, 4) is 0 Å². The average Bonchev–Trinajstić information content (AvgIpc) is 3.59. The van der Waals surface area contributed by atoms with Crippen molar-refractivity contribution in [2.45, 2.75) is 222 Å². The average molecular weight is 917 g/mol. The van der Waals surface area contributed by atoms with Gasteiger partial charge >= 0.3 is 0 Å². The standard InChI is InChI=1S/C46H76O18/c1-40(2)26(62-39-34(29(52)22(50)18-59-39)63-38-33(56)31(54)30(53)24(16-47)61-38)9-11-46-19-45(46)13-12-42(5)35(44(7)10-8-27(64-44)41(3,4)57)20(48)15-43(42,6)25(45)14-23(36(40)46)60-37-32(55)28(51)21(49)17-58-37/h20-39,47-57H,8-19H2,1-7H3. The van der Waals surface area contributed by atoms with Gasteiger partial charge < -0.3 is 89.3 Å². The van der Waals surface area contributed by atoms with Crippen molar-refractivity contribution in [3.05, 3.63) is 0 Å². The maximum Gasteiger partial charge on any atom is 0.187 e. The summed E-state index contributed by atoms with van der Waals surface area (Å²) in [7, 11) is 0. The fraction of sp³-hybridized carbons (Fsp3) is 1.00. The summed E-state index contributed by atoms with van der Waals surface area (Å²) in [5.41, 5.74) is -3.48. The summed E-state index contributed by atoms with van der Waals surface area (Å²) in [5.74, 6) is -0.324. The zero-order valence-electron chi connectivity index (χ0n) is 38.3. The van der Waals surface area contributed by atoms with E-state index in [0.717, 1.165) is 32.1 Å². The number of aliphatic hydroxyl groups is 11. The van der Waals surface area contributed by atoms with Crippen LogP contribution in [0.3, 0.4) is 0 Å². The molecule has 25 atom stereocenters. The first-order valence-electron chi connectivity index (χ1n) is 23.8. The number of hydrogen-bond donors (Lipinski definition) is 11. The van der Waals surface area contributed by atoms with Gasteiger partial charge in [-0.2, -0.15) is 0 Å². The van der Waals surface area contributed by atoms with Crippen LogP contribution in [-0.4, -0.2) is 192 Å². The first-order chi connectivity index (χ1) is 29.8. The normalized spacial score (nSPS) is 58.2. The number of hydrogen-bond acceptors (Lipinski definition) is 18. The van der Waals surface area contributed by atoms with Gasteiger partial charge in [0.2, 0.25) is 0 Å². The van der Waals surface area contributed by atoms with Crippen molar-refractivity contribution >= 4 is 0 Å². The maximum atomic E-state index is 12.3. The Morgan fingerprint density at radius 2 is 1.28 bits per heavy atom. The third kappa shape index (κ3) is 7.01. The van der Waals surface area contributed by atoms with Gasteiger partial charge in [0.1, 0.15) is 61.0 Å². The van der Waals surface area contributed by atoms with E-state index in [1.807, 2.05) is 0 Å². The van der Waals surface area contributed by atoms with E-state index in [4.69, 9.17) is 33.2 Å². The molecule has 18 heteroatoms. The van der Waals surface area contributed by atoms with Gasteiger partial charge in [-0.25, -0.2) is 0 Å². The van der Waals surface area contributed by atoms with Crippen LogP contribution >= 0.6 is 0 Å². The van der Waals surface area contributed by atoms with Crippen molar-refractivity contribution < 1.29 is 89.3 Å². The van der Waals surface area contributed by atoms with Gasteiger partial charge in [0.05, 0.1) is 55.4 Å². The monoisotopic (exact) mass is 917 g/mol. The van der Waals surface area contributed by atoms with Gasteiger partial charge in [0.25, 0.3) is 0 Å². The van der Waals surface area contributed by atoms with Gasteiger partial charge in [0, 0.05) is 5.92 Å². The highest BCUT2D eigenvalue weighted by atomic mass is 16.8. The predicted octanol–water partition coefficient (Wildman–Crippen LogP) is -0.813.